The summed E-state index contributed by atoms with van der Waals surface area (Å²) in [5.41, 5.74) is -0.770. The molecule has 0 radical (unpaired) electrons. The zero-order chi connectivity index (χ0) is 20.8. The van der Waals surface area contributed by atoms with Gasteiger partial charge in [0.05, 0.1) is 16.8 Å². The predicted octanol–water partition coefficient (Wildman–Crippen LogP) is 4.35. The summed E-state index contributed by atoms with van der Waals surface area (Å²) in [6, 6.07) is 3.60. The van der Waals surface area contributed by atoms with Crippen molar-refractivity contribution in [3.8, 4) is 0 Å². The molecule has 5 rings (SSSR count). The first-order valence-corrected chi connectivity index (χ1v) is 11.5. The molecule has 158 valence electrons. The molecule has 0 atom stereocenters. The highest BCUT2D eigenvalue weighted by molar-refractivity contribution is 7.14. The number of hydrogen-bond acceptors (Lipinski definition) is 5. The van der Waals surface area contributed by atoms with Crippen LogP contribution in [0.1, 0.15) is 73.8 Å². The molecule has 0 unspecified atom stereocenters. The third-order valence-electron chi connectivity index (χ3n) is 6.85. The summed E-state index contributed by atoms with van der Waals surface area (Å²) in [4.78, 5) is 38.9. The summed E-state index contributed by atoms with van der Waals surface area (Å²) in [5, 5.41) is 2.89. The lowest BCUT2D eigenvalue weighted by atomic mass is 9.49. The molecule has 0 saturated heterocycles. The van der Waals surface area contributed by atoms with E-state index in [2.05, 4.69) is 5.32 Å². The van der Waals surface area contributed by atoms with Gasteiger partial charge in [-0.25, -0.2) is 0 Å². The minimum Gasteiger partial charge on any atom is -0.457 e. The van der Waals surface area contributed by atoms with Crippen molar-refractivity contribution >= 4 is 29.0 Å². The van der Waals surface area contributed by atoms with Gasteiger partial charge in [0.25, 0.3) is 0 Å². The Bertz CT molecular complexity index is 784. The first-order chi connectivity index (χ1) is 13.6. The van der Waals surface area contributed by atoms with Gasteiger partial charge in [-0.3, -0.25) is 14.4 Å². The van der Waals surface area contributed by atoms with Gasteiger partial charge in [-0.1, -0.05) is 20.8 Å². The lowest BCUT2D eigenvalue weighted by Crippen LogP contribution is -2.50. The Morgan fingerprint density at radius 3 is 2.21 bits per heavy atom. The van der Waals surface area contributed by atoms with Gasteiger partial charge in [-0.15, -0.1) is 11.3 Å². The number of rotatable bonds is 6. The molecule has 4 fully saturated rings. The molecule has 4 bridgehead atoms. The lowest BCUT2D eigenvalue weighted by Gasteiger charge is -2.55. The SMILES string of the molecule is CC(C)(C)C(=O)NCc1ccc(C(=O)COC(=O)C23CC4CC(CC(C4)C2)C3)s1. The van der Waals surface area contributed by atoms with Gasteiger partial charge >= 0.3 is 5.97 Å². The summed E-state index contributed by atoms with van der Waals surface area (Å²) >= 11 is 1.35. The molecular weight excluding hydrogens is 386 g/mol. The van der Waals surface area contributed by atoms with Gasteiger partial charge in [0.15, 0.2) is 6.61 Å². The van der Waals surface area contributed by atoms with Crippen LogP contribution in [-0.2, 0) is 20.9 Å². The highest BCUT2D eigenvalue weighted by Crippen LogP contribution is 2.60. The van der Waals surface area contributed by atoms with Crippen molar-refractivity contribution in [1.29, 1.82) is 0 Å². The summed E-state index contributed by atoms with van der Waals surface area (Å²) in [6.45, 7) is 5.81. The molecule has 1 aromatic rings. The van der Waals surface area contributed by atoms with Crippen LogP contribution in [0.4, 0.5) is 0 Å². The largest absolute Gasteiger partial charge is 0.457 e. The van der Waals surface area contributed by atoms with Crippen LogP contribution in [0.25, 0.3) is 0 Å². The fraction of sp³-hybridized carbons (Fsp3) is 0.696. The number of ketones is 1. The van der Waals surface area contributed by atoms with Crippen molar-refractivity contribution in [2.45, 2.75) is 65.8 Å². The molecule has 29 heavy (non-hydrogen) atoms. The van der Waals surface area contributed by atoms with Gasteiger partial charge in [0.2, 0.25) is 11.7 Å². The molecule has 1 amide bonds. The van der Waals surface area contributed by atoms with E-state index in [9.17, 15) is 14.4 Å². The first kappa shape index (κ1) is 20.6. The quantitative estimate of drug-likeness (QED) is 0.552. The smallest absolute Gasteiger partial charge is 0.312 e. The minimum atomic E-state index is -0.443. The molecule has 4 aliphatic carbocycles. The minimum absolute atomic E-state index is 0.0247. The van der Waals surface area contributed by atoms with E-state index >= 15 is 0 Å². The van der Waals surface area contributed by atoms with Crippen LogP contribution >= 0.6 is 11.3 Å². The van der Waals surface area contributed by atoms with Crippen molar-refractivity contribution in [1.82, 2.24) is 5.32 Å². The summed E-state index contributed by atoms with van der Waals surface area (Å²) in [7, 11) is 0. The number of ether oxygens (including phenoxy) is 1. The summed E-state index contributed by atoms with van der Waals surface area (Å²) in [5.74, 6) is 1.68. The Morgan fingerprint density at radius 2 is 1.66 bits per heavy atom. The van der Waals surface area contributed by atoms with Gasteiger partial charge < -0.3 is 10.1 Å². The molecule has 1 N–H and O–H groups in total. The van der Waals surface area contributed by atoms with Crippen molar-refractivity contribution in [3.63, 3.8) is 0 Å². The topological polar surface area (TPSA) is 72.5 Å². The van der Waals surface area contributed by atoms with Crippen LogP contribution in [0.2, 0.25) is 0 Å². The number of carbonyl (C=O) groups excluding carboxylic acids is 3. The van der Waals surface area contributed by atoms with Crippen LogP contribution in [0.15, 0.2) is 12.1 Å². The maximum atomic E-state index is 12.9. The second-order valence-corrected chi connectivity index (χ2v) is 11.6. The molecule has 6 heteroatoms. The lowest BCUT2D eigenvalue weighted by molar-refractivity contribution is -0.170. The number of thiophene rings is 1. The van der Waals surface area contributed by atoms with E-state index in [-0.39, 0.29) is 29.7 Å². The molecule has 5 nitrogen and oxygen atoms in total. The van der Waals surface area contributed by atoms with Crippen molar-refractivity contribution in [2.24, 2.45) is 28.6 Å². The Balaban J connectivity index is 1.30. The van der Waals surface area contributed by atoms with E-state index in [1.807, 2.05) is 26.8 Å². The second-order valence-electron chi connectivity index (χ2n) is 10.4. The third kappa shape index (κ3) is 4.27. The normalized spacial score (nSPS) is 30.2. The van der Waals surface area contributed by atoms with E-state index < -0.39 is 5.41 Å². The Hall–Kier alpha value is -1.69. The first-order valence-electron chi connectivity index (χ1n) is 10.7. The molecule has 0 aliphatic heterocycles. The second kappa shape index (κ2) is 7.53. The number of esters is 1. The highest BCUT2D eigenvalue weighted by Gasteiger charge is 2.55. The van der Waals surface area contributed by atoms with Crippen molar-refractivity contribution in [2.75, 3.05) is 6.61 Å². The third-order valence-corrected chi connectivity index (χ3v) is 7.97. The van der Waals surface area contributed by atoms with E-state index in [4.69, 9.17) is 4.74 Å². The number of nitrogens with one attached hydrogen (secondary N) is 1. The highest BCUT2D eigenvalue weighted by atomic mass is 32.1. The van der Waals surface area contributed by atoms with E-state index in [1.165, 1.54) is 30.6 Å². The van der Waals surface area contributed by atoms with Gasteiger partial charge in [0, 0.05) is 10.3 Å². The van der Waals surface area contributed by atoms with Crippen LogP contribution in [0, 0.1) is 28.6 Å². The maximum Gasteiger partial charge on any atom is 0.312 e. The molecule has 0 aromatic carbocycles. The molecule has 4 aliphatic rings. The van der Waals surface area contributed by atoms with Crippen LogP contribution in [-0.4, -0.2) is 24.3 Å². The fourth-order valence-corrected chi connectivity index (χ4v) is 6.64. The zero-order valence-corrected chi connectivity index (χ0v) is 18.4. The summed E-state index contributed by atoms with van der Waals surface area (Å²) in [6.07, 6.45) is 6.66. The van der Waals surface area contributed by atoms with Crippen molar-refractivity contribution < 1.29 is 19.1 Å². The fourth-order valence-electron chi connectivity index (χ4n) is 5.77. The van der Waals surface area contributed by atoms with E-state index in [0.717, 1.165) is 24.1 Å². The van der Waals surface area contributed by atoms with Crippen LogP contribution in [0.5, 0.6) is 0 Å². The molecular formula is C23H31NO4S. The van der Waals surface area contributed by atoms with E-state index in [0.29, 0.717) is 29.2 Å². The van der Waals surface area contributed by atoms with Gasteiger partial charge in [-0.05, 0) is 68.4 Å². The van der Waals surface area contributed by atoms with Gasteiger partial charge in [-0.2, -0.15) is 0 Å². The number of hydrogen-bond donors (Lipinski definition) is 1. The van der Waals surface area contributed by atoms with Gasteiger partial charge in [0.1, 0.15) is 0 Å². The van der Waals surface area contributed by atoms with E-state index in [1.54, 1.807) is 6.07 Å². The zero-order valence-electron chi connectivity index (χ0n) is 17.6. The van der Waals surface area contributed by atoms with Crippen LogP contribution < -0.4 is 5.32 Å². The Kier molecular flexibility index (Phi) is 5.34. The van der Waals surface area contributed by atoms with Crippen LogP contribution in [0.3, 0.4) is 0 Å². The predicted molar refractivity (Wildman–Crippen MR) is 112 cm³/mol. The monoisotopic (exact) mass is 417 g/mol. The Labute approximate surface area is 176 Å². The number of amides is 1. The standard InChI is InChI=1S/C23H31NO4S/c1-22(2,3)20(26)24-12-17-4-5-19(29-17)18(25)13-28-21(27)23-9-14-6-15(10-23)8-16(7-14)11-23/h4-5,14-16H,6-13H2,1-3H3,(H,24,26). The molecule has 4 saturated carbocycles. The molecule has 0 spiro atoms. The number of Topliss-reactive ketones (excluding diaryl/α,β-unsaturated/α-hetero) is 1. The molecule has 1 aromatic heterocycles. The average molecular weight is 418 g/mol. The van der Waals surface area contributed by atoms with Crippen molar-refractivity contribution in [3.05, 3.63) is 21.9 Å². The maximum absolute atomic E-state index is 12.9. The Morgan fingerprint density at radius 1 is 1.07 bits per heavy atom. The average Bonchev–Trinajstić information content (AvgIpc) is 3.11. The number of carbonyl (C=O) groups is 3. The molecule has 1 heterocycles. The summed E-state index contributed by atoms with van der Waals surface area (Å²) < 4.78 is 5.54.